The average Bonchev–Trinajstić information content (AvgIpc) is 2.67. The lowest BCUT2D eigenvalue weighted by Gasteiger charge is -2.23. The molecule has 0 unspecified atom stereocenters. The zero-order valence-electron chi connectivity index (χ0n) is 17.2. The van der Waals surface area contributed by atoms with Crippen LogP contribution in [-0.4, -0.2) is 33.4 Å². The quantitative estimate of drug-likeness (QED) is 0.511. The maximum Gasteiger partial charge on any atom is 0.266 e. The van der Waals surface area contributed by atoms with Crippen LogP contribution < -0.4 is 15.6 Å². The Morgan fingerprint density at radius 3 is 2.41 bits per heavy atom. The van der Waals surface area contributed by atoms with E-state index in [1.54, 1.807) is 48.1 Å². The van der Waals surface area contributed by atoms with Crippen LogP contribution in [0.2, 0.25) is 0 Å². The lowest BCUT2D eigenvalue weighted by atomic mass is 10.1. The number of rotatable bonds is 5. The van der Waals surface area contributed by atoms with Crippen molar-refractivity contribution in [3.05, 3.63) is 58.9 Å². The van der Waals surface area contributed by atoms with E-state index in [0.717, 1.165) is 0 Å². The number of nitrogens with one attached hydrogen (secondary N) is 1. The maximum atomic E-state index is 13.3. The van der Waals surface area contributed by atoms with Gasteiger partial charge in [-0.2, -0.15) is 0 Å². The van der Waals surface area contributed by atoms with Crippen molar-refractivity contribution in [1.29, 1.82) is 0 Å². The van der Waals surface area contributed by atoms with Crippen LogP contribution in [0.1, 0.15) is 27.7 Å². The molecule has 3 aromatic rings. The molecule has 0 aliphatic carbocycles. The molecule has 6 nitrogen and oxygen atoms in total. The van der Waals surface area contributed by atoms with Gasteiger partial charge >= 0.3 is 0 Å². The van der Waals surface area contributed by atoms with E-state index < -0.39 is 5.25 Å². The van der Waals surface area contributed by atoms with E-state index in [-0.39, 0.29) is 17.0 Å². The molecule has 152 valence electrons. The number of benzene rings is 2. The van der Waals surface area contributed by atoms with Crippen molar-refractivity contribution in [3.63, 3.8) is 0 Å². The minimum Gasteiger partial charge on any atom is -0.497 e. The normalized spacial score (nSPS) is 12.6. The fraction of sp³-hybridized carbons (Fsp3) is 0.318. The highest BCUT2D eigenvalue weighted by Crippen LogP contribution is 2.26. The Morgan fingerprint density at radius 2 is 1.79 bits per heavy atom. The molecule has 1 atom stereocenters. The molecule has 1 aromatic heterocycles. The molecule has 1 N–H and O–H groups in total. The van der Waals surface area contributed by atoms with Gasteiger partial charge in [0.1, 0.15) is 5.75 Å². The first kappa shape index (κ1) is 20.9. The van der Waals surface area contributed by atoms with Gasteiger partial charge in [-0.15, -0.1) is 0 Å². The summed E-state index contributed by atoms with van der Waals surface area (Å²) in [5, 5.41) is 3.54. The fourth-order valence-corrected chi connectivity index (χ4v) is 3.76. The summed E-state index contributed by atoms with van der Waals surface area (Å²) in [6.45, 7) is 7.61. The summed E-state index contributed by atoms with van der Waals surface area (Å²) in [4.78, 5) is 30.5. The van der Waals surface area contributed by atoms with Crippen LogP contribution in [0, 0.1) is 0 Å². The number of fused-ring (bicyclic) bond motifs is 1. The molecule has 0 radical (unpaired) electrons. The third kappa shape index (κ3) is 4.79. The van der Waals surface area contributed by atoms with Crippen molar-refractivity contribution >= 4 is 28.6 Å². The van der Waals surface area contributed by atoms with Gasteiger partial charge in [0, 0.05) is 5.54 Å². The number of thioether (sulfide) groups is 1. The first-order chi connectivity index (χ1) is 13.7. The Labute approximate surface area is 174 Å². The van der Waals surface area contributed by atoms with Crippen LogP contribution in [0.5, 0.6) is 5.75 Å². The molecular formula is C22H25N3O3S. The third-order valence-corrected chi connectivity index (χ3v) is 5.28. The molecule has 0 aliphatic rings. The minimum absolute atomic E-state index is 0.105. The number of hydrogen-bond donors (Lipinski definition) is 1. The van der Waals surface area contributed by atoms with E-state index in [4.69, 9.17) is 4.74 Å². The molecule has 0 saturated carbocycles. The number of aromatic nitrogens is 2. The summed E-state index contributed by atoms with van der Waals surface area (Å²) in [5.41, 5.74) is 0.762. The van der Waals surface area contributed by atoms with Crippen molar-refractivity contribution in [3.8, 4) is 11.4 Å². The lowest BCUT2D eigenvalue weighted by molar-refractivity contribution is -0.121. The largest absolute Gasteiger partial charge is 0.497 e. The van der Waals surface area contributed by atoms with Crippen molar-refractivity contribution < 1.29 is 9.53 Å². The number of nitrogens with zero attached hydrogens (tertiary/aromatic N) is 2. The SMILES string of the molecule is COc1ccc(-n2c(S[C@H](C)C(=O)NC(C)(C)C)nc3ccccc3c2=O)cc1. The highest BCUT2D eigenvalue weighted by Gasteiger charge is 2.23. The monoisotopic (exact) mass is 411 g/mol. The van der Waals surface area contributed by atoms with Crippen molar-refractivity contribution in [2.45, 2.75) is 43.6 Å². The van der Waals surface area contributed by atoms with Gasteiger partial charge in [0.2, 0.25) is 5.91 Å². The third-order valence-electron chi connectivity index (χ3n) is 4.23. The Balaban J connectivity index is 2.09. The smallest absolute Gasteiger partial charge is 0.266 e. The molecule has 0 fully saturated rings. The van der Waals surface area contributed by atoms with Gasteiger partial charge in [0.05, 0.1) is 29.0 Å². The number of para-hydroxylation sites is 1. The summed E-state index contributed by atoms with van der Waals surface area (Å²) >= 11 is 1.26. The van der Waals surface area contributed by atoms with Gasteiger partial charge in [0.25, 0.3) is 5.56 Å². The topological polar surface area (TPSA) is 73.2 Å². The second-order valence-corrected chi connectivity index (χ2v) is 9.06. The maximum absolute atomic E-state index is 13.3. The lowest BCUT2D eigenvalue weighted by Crippen LogP contribution is -2.44. The standard InChI is InChI=1S/C22H25N3O3S/c1-14(19(26)24-22(2,3)4)29-21-23-18-9-7-6-8-17(18)20(27)25(21)15-10-12-16(28-5)13-11-15/h6-14H,1-5H3,(H,24,26)/t14-/m1/s1. The van der Waals surface area contributed by atoms with Crippen LogP contribution in [-0.2, 0) is 4.79 Å². The molecular weight excluding hydrogens is 386 g/mol. The second kappa shape index (κ2) is 8.29. The van der Waals surface area contributed by atoms with E-state index in [1.807, 2.05) is 39.8 Å². The highest BCUT2D eigenvalue weighted by molar-refractivity contribution is 8.00. The van der Waals surface area contributed by atoms with E-state index >= 15 is 0 Å². The number of amides is 1. The van der Waals surface area contributed by atoms with Crippen LogP contribution in [0.3, 0.4) is 0 Å². The first-order valence-corrected chi connectivity index (χ1v) is 10.2. The molecule has 1 heterocycles. The van der Waals surface area contributed by atoms with Crippen LogP contribution in [0.4, 0.5) is 0 Å². The molecule has 0 saturated heterocycles. The Hall–Kier alpha value is -2.80. The van der Waals surface area contributed by atoms with Gasteiger partial charge in [-0.1, -0.05) is 23.9 Å². The van der Waals surface area contributed by atoms with E-state index in [1.165, 1.54) is 11.8 Å². The summed E-state index contributed by atoms with van der Waals surface area (Å²) in [6.07, 6.45) is 0. The predicted octanol–water partition coefficient (Wildman–Crippen LogP) is 3.79. The van der Waals surface area contributed by atoms with Gasteiger partial charge in [-0.3, -0.25) is 14.2 Å². The summed E-state index contributed by atoms with van der Waals surface area (Å²) in [7, 11) is 1.59. The van der Waals surface area contributed by atoms with Crippen molar-refractivity contribution in [2.75, 3.05) is 7.11 Å². The number of methoxy groups -OCH3 is 1. The van der Waals surface area contributed by atoms with Gasteiger partial charge < -0.3 is 10.1 Å². The summed E-state index contributed by atoms with van der Waals surface area (Å²) < 4.78 is 6.77. The zero-order valence-corrected chi connectivity index (χ0v) is 18.0. The van der Waals surface area contributed by atoms with Crippen molar-refractivity contribution in [1.82, 2.24) is 14.9 Å². The van der Waals surface area contributed by atoms with E-state index in [0.29, 0.717) is 27.5 Å². The zero-order chi connectivity index (χ0) is 21.2. The second-order valence-electron chi connectivity index (χ2n) is 7.75. The number of hydrogen-bond acceptors (Lipinski definition) is 5. The first-order valence-electron chi connectivity index (χ1n) is 9.34. The summed E-state index contributed by atoms with van der Waals surface area (Å²) in [5.74, 6) is 0.592. The van der Waals surface area contributed by atoms with Crippen LogP contribution in [0.25, 0.3) is 16.6 Å². The van der Waals surface area contributed by atoms with Crippen molar-refractivity contribution in [2.24, 2.45) is 0 Å². The van der Waals surface area contributed by atoms with Crippen LogP contribution >= 0.6 is 11.8 Å². The Kier molecular flexibility index (Phi) is 5.98. The molecule has 0 aliphatic heterocycles. The fourth-order valence-electron chi connectivity index (χ4n) is 2.83. The van der Waals surface area contributed by atoms with E-state index in [9.17, 15) is 9.59 Å². The Bertz CT molecular complexity index is 1090. The van der Waals surface area contributed by atoms with Gasteiger partial charge in [-0.05, 0) is 64.1 Å². The molecule has 0 spiro atoms. The summed E-state index contributed by atoms with van der Waals surface area (Å²) in [6, 6.07) is 14.4. The van der Waals surface area contributed by atoms with E-state index in [2.05, 4.69) is 10.3 Å². The molecule has 1 amide bonds. The van der Waals surface area contributed by atoms with Gasteiger partial charge in [0.15, 0.2) is 5.16 Å². The van der Waals surface area contributed by atoms with Gasteiger partial charge in [-0.25, -0.2) is 4.98 Å². The molecule has 0 bridgehead atoms. The molecule has 29 heavy (non-hydrogen) atoms. The number of carbonyl (C=O) groups excluding carboxylic acids is 1. The minimum atomic E-state index is -0.424. The molecule has 2 aromatic carbocycles. The Morgan fingerprint density at radius 1 is 1.14 bits per heavy atom. The van der Waals surface area contributed by atoms with Crippen LogP contribution in [0.15, 0.2) is 58.5 Å². The highest BCUT2D eigenvalue weighted by atomic mass is 32.2. The predicted molar refractivity (Wildman–Crippen MR) is 117 cm³/mol. The number of ether oxygens (including phenoxy) is 1. The number of carbonyl (C=O) groups is 1. The molecule has 7 heteroatoms. The molecule has 3 rings (SSSR count). The average molecular weight is 412 g/mol.